The van der Waals surface area contributed by atoms with Crippen LogP contribution in [0, 0.1) is 17.3 Å². The summed E-state index contributed by atoms with van der Waals surface area (Å²) in [6.07, 6.45) is 5.74. The molecule has 0 aromatic carbocycles. The molecule has 2 saturated carbocycles. The molecule has 3 fully saturated rings. The second-order valence-electron chi connectivity index (χ2n) is 7.45. The molecule has 0 bridgehead atoms. The first-order valence-corrected chi connectivity index (χ1v) is 8.77. The largest absolute Gasteiger partial charge is 0.377 e. The van der Waals surface area contributed by atoms with Gasteiger partial charge in [-0.25, -0.2) is 0 Å². The quantitative estimate of drug-likeness (QED) is 0.618. The van der Waals surface area contributed by atoms with E-state index in [-0.39, 0.29) is 0 Å². The summed E-state index contributed by atoms with van der Waals surface area (Å²) in [4.78, 5) is 4.66. The SMILES string of the molecule is CCN=C(NC(C)C(C)C)NC1C2CCOC2C12CCC2. The van der Waals surface area contributed by atoms with Gasteiger partial charge in [0.05, 0.1) is 6.10 Å². The number of nitrogens with zero attached hydrogens (tertiary/aromatic N) is 1. The number of guanidine groups is 1. The minimum absolute atomic E-state index is 0.415. The normalized spacial score (nSPS) is 35.1. The van der Waals surface area contributed by atoms with E-state index in [1.807, 2.05) is 0 Å². The zero-order chi connectivity index (χ0) is 15.0. The molecule has 4 heteroatoms. The van der Waals surface area contributed by atoms with Crippen molar-refractivity contribution < 1.29 is 4.74 Å². The Labute approximate surface area is 129 Å². The fourth-order valence-electron chi connectivity index (χ4n) is 4.28. The van der Waals surface area contributed by atoms with Crippen molar-refractivity contribution in [2.24, 2.45) is 22.2 Å². The topological polar surface area (TPSA) is 45.7 Å². The first-order chi connectivity index (χ1) is 10.1. The highest BCUT2D eigenvalue weighted by Crippen LogP contribution is 2.62. The molecule has 0 aromatic heterocycles. The van der Waals surface area contributed by atoms with Gasteiger partial charge in [0.25, 0.3) is 0 Å². The number of ether oxygens (including phenoxy) is 1. The van der Waals surface area contributed by atoms with Crippen LogP contribution in [0.5, 0.6) is 0 Å². The number of rotatable bonds is 4. The van der Waals surface area contributed by atoms with E-state index in [9.17, 15) is 0 Å². The molecule has 1 saturated heterocycles. The van der Waals surface area contributed by atoms with E-state index in [0.717, 1.165) is 19.1 Å². The number of hydrogen-bond donors (Lipinski definition) is 2. The van der Waals surface area contributed by atoms with Crippen molar-refractivity contribution in [3.05, 3.63) is 0 Å². The molecule has 2 aliphatic carbocycles. The summed E-state index contributed by atoms with van der Waals surface area (Å²) >= 11 is 0. The second kappa shape index (κ2) is 5.79. The monoisotopic (exact) mass is 293 g/mol. The number of hydrogen-bond acceptors (Lipinski definition) is 2. The van der Waals surface area contributed by atoms with Gasteiger partial charge in [0.1, 0.15) is 0 Å². The Balaban J connectivity index is 1.66. The summed E-state index contributed by atoms with van der Waals surface area (Å²) in [6.45, 7) is 10.6. The third kappa shape index (κ3) is 2.45. The highest BCUT2D eigenvalue weighted by atomic mass is 16.5. The van der Waals surface area contributed by atoms with Gasteiger partial charge in [-0.2, -0.15) is 0 Å². The van der Waals surface area contributed by atoms with Crippen molar-refractivity contribution >= 4 is 5.96 Å². The van der Waals surface area contributed by atoms with E-state index in [4.69, 9.17) is 4.74 Å². The summed E-state index contributed by atoms with van der Waals surface area (Å²) in [6, 6.07) is 1.01. The lowest BCUT2D eigenvalue weighted by molar-refractivity contribution is -0.171. The highest BCUT2D eigenvalue weighted by molar-refractivity contribution is 5.80. The van der Waals surface area contributed by atoms with E-state index in [0.29, 0.717) is 35.4 Å². The Morgan fingerprint density at radius 3 is 2.67 bits per heavy atom. The predicted molar refractivity (Wildman–Crippen MR) is 86.5 cm³/mol. The van der Waals surface area contributed by atoms with Gasteiger partial charge in [-0.1, -0.05) is 20.3 Å². The molecule has 4 atom stereocenters. The molecule has 0 amide bonds. The molecule has 1 spiro atoms. The second-order valence-corrected chi connectivity index (χ2v) is 7.45. The maximum Gasteiger partial charge on any atom is 0.191 e. The lowest BCUT2D eigenvalue weighted by Crippen LogP contribution is -2.72. The number of nitrogens with one attached hydrogen (secondary N) is 2. The van der Waals surface area contributed by atoms with Crippen molar-refractivity contribution in [3.8, 4) is 0 Å². The maximum absolute atomic E-state index is 6.00. The molecule has 21 heavy (non-hydrogen) atoms. The molecule has 3 aliphatic rings. The zero-order valence-electron chi connectivity index (χ0n) is 14.0. The minimum Gasteiger partial charge on any atom is -0.377 e. The summed E-state index contributed by atoms with van der Waals surface area (Å²) in [7, 11) is 0. The Kier molecular flexibility index (Phi) is 4.17. The molecule has 4 nitrogen and oxygen atoms in total. The van der Waals surface area contributed by atoms with Crippen molar-refractivity contribution in [2.75, 3.05) is 13.2 Å². The predicted octanol–water partition coefficient (Wildman–Crippen LogP) is 2.54. The molecule has 2 N–H and O–H groups in total. The van der Waals surface area contributed by atoms with Crippen molar-refractivity contribution in [3.63, 3.8) is 0 Å². The van der Waals surface area contributed by atoms with Gasteiger partial charge in [-0.15, -0.1) is 0 Å². The van der Waals surface area contributed by atoms with Crippen LogP contribution in [0.25, 0.3) is 0 Å². The summed E-state index contributed by atoms with van der Waals surface area (Å²) < 4.78 is 6.00. The molecule has 3 rings (SSSR count). The molecule has 0 radical (unpaired) electrons. The molecule has 120 valence electrons. The summed E-state index contributed by atoms with van der Waals surface area (Å²) in [5.41, 5.74) is 0.415. The first kappa shape index (κ1) is 15.1. The Bertz CT molecular complexity index is 403. The fourth-order valence-corrected chi connectivity index (χ4v) is 4.28. The average Bonchev–Trinajstić information content (AvgIpc) is 2.79. The number of aliphatic imine (C=N–C) groups is 1. The molecule has 1 heterocycles. The van der Waals surface area contributed by atoms with Crippen LogP contribution in [0.3, 0.4) is 0 Å². The first-order valence-electron chi connectivity index (χ1n) is 8.77. The van der Waals surface area contributed by atoms with Crippen LogP contribution < -0.4 is 10.6 Å². The van der Waals surface area contributed by atoms with Crippen molar-refractivity contribution in [2.45, 2.75) is 71.6 Å². The molecular formula is C17H31N3O. The Hall–Kier alpha value is -0.770. The van der Waals surface area contributed by atoms with Crippen LogP contribution in [-0.2, 0) is 4.74 Å². The van der Waals surface area contributed by atoms with E-state index in [1.165, 1.54) is 25.7 Å². The minimum atomic E-state index is 0.415. The summed E-state index contributed by atoms with van der Waals surface area (Å²) in [5.74, 6) is 2.30. The molecule has 4 unspecified atom stereocenters. The number of fused-ring (bicyclic) bond motifs is 2. The third-order valence-electron chi connectivity index (χ3n) is 6.01. The molecular weight excluding hydrogens is 262 g/mol. The smallest absolute Gasteiger partial charge is 0.191 e. The van der Waals surface area contributed by atoms with E-state index in [1.54, 1.807) is 0 Å². The lowest BCUT2D eigenvalue weighted by atomic mass is 9.46. The van der Waals surface area contributed by atoms with Crippen LogP contribution in [0.1, 0.15) is 53.4 Å². The van der Waals surface area contributed by atoms with Gasteiger partial charge in [0.2, 0.25) is 0 Å². The molecule has 1 aliphatic heterocycles. The molecule has 0 aromatic rings. The van der Waals surface area contributed by atoms with Gasteiger partial charge in [0, 0.05) is 36.6 Å². The fraction of sp³-hybridized carbons (Fsp3) is 0.941. The Morgan fingerprint density at radius 1 is 1.33 bits per heavy atom. The van der Waals surface area contributed by atoms with E-state index < -0.39 is 0 Å². The van der Waals surface area contributed by atoms with Gasteiger partial charge in [0.15, 0.2) is 5.96 Å². The van der Waals surface area contributed by atoms with E-state index >= 15 is 0 Å². The standard InChI is InChI=1S/C17H31N3O/c1-5-18-16(19-12(4)11(2)3)20-14-13-7-10-21-15(13)17(14)8-6-9-17/h11-15H,5-10H2,1-4H3,(H2,18,19,20). The maximum atomic E-state index is 6.00. The lowest BCUT2D eigenvalue weighted by Gasteiger charge is -2.63. The average molecular weight is 293 g/mol. The van der Waals surface area contributed by atoms with E-state index in [2.05, 4.69) is 43.3 Å². The van der Waals surface area contributed by atoms with Crippen LogP contribution in [-0.4, -0.2) is 37.3 Å². The zero-order valence-corrected chi connectivity index (χ0v) is 14.0. The van der Waals surface area contributed by atoms with Crippen LogP contribution in [0.4, 0.5) is 0 Å². The van der Waals surface area contributed by atoms with Gasteiger partial charge >= 0.3 is 0 Å². The van der Waals surface area contributed by atoms with Crippen LogP contribution in [0.2, 0.25) is 0 Å². The summed E-state index contributed by atoms with van der Waals surface area (Å²) in [5, 5.41) is 7.34. The van der Waals surface area contributed by atoms with Gasteiger partial charge < -0.3 is 15.4 Å². The van der Waals surface area contributed by atoms with Crippen LogP contribution in [0.15, 0.2) is 4.99 Å². The third-order valence-corrected chi connectivity index (χ3v) is 6.01. The van der Waals surface area contributed by atoms with Crippen LogP contribution >= 0.6 is 0 Å². The van der Waals surface area contributed by atoms with Gasteiger partial charge in [-0.3, -0.25) is 4.99 Å². The van der Waals surface area contributed by atoms with Crippen molar-refractivity contribution in [1.82, 2.24) is 10.6 Å². The highest BCUT2D eigenvalue weighted by Gasteiger charge is 2.66. The van der Waals surface area contributed by atoms with Crippen molar-refractivity contribution in [1.29, 1.82) is 0 Å². The van der Waals surface area contributed by atoms with Gasteiger partial charge in [-0.05, 0) is 39.0 Å². The Morgan fingerprint density at radius 2 is 2.10 bits per heavy atom.